The van der Waals surface area contributed by atoms with Gasteiger partial charge in [-0.15, -0.1) is 11.8 Å². The number of carbonyl (C=O) groups is 2. The Labute approximate surface area is 177 Å². The molecule has 0 radical (unpaired) electrons. The van der Waals surface area contributed by atoms with E-state index in [0.29, 0.717) is 11.6 Å². The van der Waals surface area contributed by atoms with Crippen molar-refractivity contribution in [2.24, 2.45) is 0 Å². The van der Waals surface area contributed by atoms with Crippen molar-refractivity contribution < 1.29 is 14.0 Å². The third kappa shape index (κ3) is 3.39. The van der Waals surface area contributed by atoms with Gasteiger partial charge in [-0.2, -0.15) is 0 Å². The second kappa shape index (κ2) is 7.46. The molecule has 5 rings (SSSR count). The molecule has 0 N–H and O–H groups in total. The van der Waals surface area contributed by atoms with Gasteiger partial charge in [0.2, 0.25) is 17.7 Å². The Morgan fingerprint density at radius 2 is 1.70 bits per heavy atom. The van der Waals surface area contributed by atoms with Crippen molar-refractivity contribution in [3.63, 3.8) is 0 Å². The number of imide groups is 1. The van der Waals surface area contributed by atoms with E-state index >= 15 is 0 Å². The Hall–Kier alpha value is -3.38. The van der Waals surface area contributed by atoms with Crippen LogP contribution in [0.15, 0.2) is 82.1 Å². The summed E-state index contributed by atoms with van der Waals surface area (Å²) < 4.78 is 5.79. The molecule has 0 saturated carbocycles. The van der Waals surface area contributed by atoms with Gasteiger partial charge in [-0.05, 0) is 55.5 Å². The van der Waals surface area contributed by atoms with E-state index in [-0.39, 0.29) is 18.2 Å². The molecule has 1 atom stereocenters. The van der Waals surface area contributed by atoms with Crippen molar-refractivity contribution in [2.75, 3.05) is 4.90 Å². The van der Waals surface area contributed by atoms with Crippen LogP contribution >= 0.6 is 11.8 Å². The number of hydrogen-bond acceptors (Lipinski definition) is 5. The summed E-state index contributed by atoms with van der Waals surface area (Å²) >= 11 is 1.44. The molecule has 148 valence electrons. The number of nitrogens with zero attached hydrogens (tertiary/aromatic N) is 2. The number of para-hydroxylation sites is 2. The second-order valence-corrected chi connectivity index (χ2v) is 8.50. The number of aryl methyl sites for hydroxylation is 1. The quantitative estimate of drug-likeness (QED) is 0.428. The van der Waals surface area contributed by atoms with Gasteiger partial charge in [0.05, 0.1) is 10.9 Å². The average molecular weight is 414 g/mol. The zero-order valence-corrected chi connectivity index (χ0v) is 17.1. The van der Waals surface area contributed by atoms with Crippen molar-refractivity contribution in [3.8, 4) is 11.5 Å². The lowest BCUT2D eigenvalue weighted by molar-refractivity contribution is -0.121. The molecule has 0 spiro atoms. The Morgan fingerprint density at radius 3 is 2.43 bits per heavy atom. The van der Waals surface area contributed by atoms with Crippen molar-refractivity contribution in [1.29, 1.82) is 0 Å². The molecule has 6 heteroatoms. The number of hydrogen-bond donors (Lipinski definition) is 0. The largest absolute Gasteiger partial charge is 0.436 e. The minimum Gasteiger partial charge on any atom is -0.436 e. The highest BCUT2D eigenvalue weighted by Gasteiger charge is 2.40. The van der Waals surface area contributed by atoms with E-state index in [2.05, 4.69) is 4.98 Å². The van der Waals surface area contributed by atoms with Gasteiger partial charge in [0.25, 0.3) is 0 Å². The zero-order valence-electron chi connectivity index (χ0n) is 16.2. The van der Waals surface area contributed by atoms with Crippen LogP contribution in [-0.2, 0) is 9.59 Å². The van der Waals surface area contributed by atoms with Gasteiger partial charge in [-0.1, -0.05) is 29.8 Å². The maximum absolute atomic E-state index is 12.9. The fourth-order valence-electron chi connectivity index (χ4n) is 3.50. The molecular formula is C24H18N2O3S. The normalized spacial score (nSPS) is 16.6. The fourth-order valence-corrected chi connectivity index (χ4v) is 4.55. The standard InChI is InChI=1S/C24H18N2O3S/c1-15-6-12-18(13-7-15)30-21-14-22(27)26(24(21)28)17-10-8-16(9-11-17)23-25-19-4-2-3-5-20(19)29-23/h2-13,21H,14H2,1H3/t21-/m0/s1. The zero-order chi connectivity index (χ0) is 20.7. The van der Waals surface area contributed by atoms with Crippen LogP contribution in [-0.4, -0.2) is 22.0 Å². The molecule has 1 aromatic heterocycles. The van der Waals surface area contributed by atoms with Crippen LogP contribution in [0.4, 0.5) is 5.69 Å². The molecule has 0 aliphatic carbocycles. The summed E-state index contributed by atoms with van der Waals surface area (Å²) in [5, 5.41) is -0.406. The first-order valence-electron chi connectivity index (χ1n) is 9.64. The van der Waals surface area contributed by atoms with E-state index in [1.165, 1.54) is 16.7 Å². The van der Waals surface area contributed by atoms with Crippen molar-refractivity contribution in [2.45, 2.75) is 23.5 Å². The topological polar surface area (TPSA) is 63.4 Å². The first-order valence-corrected chi connectivity index (χ1v) is 10.5. The van der Waals surface area contributed by atoms with E-state index in [9.17, 15) is 9.59 Å². The van der Waals surface area contributed by atoms with Gasteiger partial charge in [0.1, 0.15) is 5.52 Å². The number of aromatic nitrogens is 1. The van der Waals surface area contributed by atoms with Crippen LogP contribution in [0.3, 0.4) is 0 Å². The summed E-state index contributed by atoms with van der Waals surface area (Å²) in [7, 11) is 0. The maximum atomic E-state index is 12.9. The maximum Gasteiger partial charge on any atom is 0.247 e. The van der Waals surface area contributed by atoms with Crippen LogP contribution in [0.1, 0.15) is 12.0 Å². The van der Waals surface area contributed by atoms with E-state index < -0.39 is 5.25 Å². The third-order valence-electron chi connectivity index (χ3n) is 5.07. The van der Waals surface area contributed by atoms with Crippen LogP contribution in [0, 0.1) is 6.92 Å². The Bertz CT molecular complexity index is 1210. The second-order valence-electron chi connectivity index (χ2n) is 7.22. The van der Waals surface area contributed by atoms with E-state index in [4.69, 9.17) is 4.42 Å². The predicted molar refractivity (Wildman–Crippen MR) is 117 cm³/mol. The first kappa shape index (κ1) is 18.6. The van der Waals surface area contributed by atoms with Gasteiger partial charge >= 0.3 is 0 Å². The number of fused-ring (bicyclic) bond motifs is 1. The number of amides is 2. The number of oxazole rings is 1. The molecule has 1 aliphatic heterocycles. The average Bonchev–Trinajstić information content (AvgIpc) is 3.31. The summed E-state index contributed by atoms with van der Waals surface area (Å²) in [4.78, 5) is 32.2. The first-order chi connectivity index (χ1) is 14.6. The van der Waals surface area contributed by atoms with Crippen LogP contribution in [0.25, 0.3) is 22.6 Å². The van der Waals surface area contributed by atoms with Crippen molar-refractivity contribution in [1.82, 2.24) is 4.98 Å². The number of thioether (sulfide) groups is 1. The molecule has 1 fully saturated rings. The van der Waals surface area contributed by atoms with Crippen molar-refractivity contribution >= 4 is 40.4 Å². The lowest BCUT2D eigenvalue weighted by Gasteiger charge is -2.15. The van der Waals surface area contributed by atoms with Crippen LogP contribution in [0.5, 0.6) is 0 Å². The van der Waals surface area contributed by atoms with Gasteiger partial charge in [0, 0.05) is 16.9 Å². The predicted octanol–water partition coefficient (Wildman–Crippen LogP) is 5.23. The molecule has 1 aliphatic rings. The molecule has 2 amide bonds. The minimum absolute atomic E-state index is 0.180. The van der Waals surface area contributed by atoms with Crippen LogP contribution in [0.2, 0.25) is 0 Å². The minimum atomic E-state index is -0.406. The highest BCUT2D eigenvalue weighted by Crippen LogP contribution is 2.35. The molecule has 4 aromatic rings. The number of anilines is 1. The van der Waals surface area contributed by atoms with Gasteiger partial charge < -0.3 is 4.42 Å². The summed E-state index contributed by atoms with van der Waals surface area (Å²) in [5.41, 5.74) is 4.03. The monoisotopic (exact) mass is 414 g/mol. The van der Waals surface area contributed by atoms with Crippen molar-refractivity contribution in [3.05, 3.63) is 78.4 Å². The number of rotatable bonds is 4. The van der Waals surface area contributed by atoms with Crippen LogP contribution < -0.4 is 4.90 Å². The van der Waals surface area contributed by atoms with E-state index in [1.54, 1.807) is 12.1 Å². The Balaban J connectivity index is 1.36. The summed E-state index contributed by atoms with van der Waals surface area (Å²) in [6.45, 7) is 2.02. The summed E-state index contributed by atoms with van der Waals surface area (Å²) in [6, 6.07) is 22.7. The highest BCUT2D eigenvalue weighted by atomic mass is 32.2. The molecule has 2 heterocycles. The third-order valence-corrected chi connectivity index (χ3v) is 6.27. The van der Waals surface area contributed by atoms with Gasteiger partial charge in [0.15, 0.2) is 5.58 Å². The molecular weight excluding hydrogens is 396 g/mol. The number of benzene rings is 3. The Kier molecular flexibility index (Phi) is 4.64. The Morgan fingerprint density at radius 1 is 0.967 bits per heavy atom. The van der Waals surface area contributed by atoms with Gasteiger partial charge in [-0.3, -0.25) is 9.59 Å². The lowest BCUT2D eigenvalue weighted by Crippen LogP contribution is -2.31. The molecule has 30 heavy (non-hydrogen) atoms. The lowest BCUT2D eigenvalue weighted by atomic mass is 10.2. The number of carbonyl (C=O) groups excluding carboxylic acids is 2. The molecule has 1 saturated heterocycles. The summed E-state index contributed by atoms with van der Waals surface area (Å²) in [5.74, 6) is 0.147. The SMILES string of the molecule is Cc1ccc(S[C@H]2CC(=O)N(c3ccc(-c4nc5ccccc5o4)cc3)C2=O)cc1. The van der Waals surface area contributed by atoms with E-state index in [0.717, 1.165) is 27.1 Å². The van der Waals surface area contributed by atoms with E-state index in [1.807, 2.05) is 67.6 Å². The molecule has 5 nitrogen and oxygen atoms in total. The smallest absolute Gasteiger partial charge is 0.247 e. The fraction of sp³-hybridized carbons (Fsp3) is 0.125. The highest BCUT2D eigenvalue weighted by molar-refractivity contribution is 8.00. The molecule has 0 unspecified atom stereocenters. The molecule has 3 aromatic carbocycles. The molecule has 0 bridgehead atoms. The summed E-state index contributed by atoms with van der Waals surface area (Å²) in [6.07, 6.45) is 0.199. The van der Waals surface area contributed by atoms with Gasteiger partial charge in [-0.25, -0.2) is 9.88 Å².